The molecule has 2 nitrogen and oxygen atoms in total. The first kappa shape index (κ1) is 23.0. The van der Waals surface area contributed by atoms with Gasteiger partial charge in [-0.2, -0.15) is 0 Å². The molecule has 1 aliphatic carbocycles. The van der Waals surface area contributed by atoms with Gasteiger partial charge in [-0.25, -0.2) is 0 Å². The molecule has 1 atom stereocenters. The Hall–Kier alpha value is -2.09. The Balaban J connectivity index is 0.000000338. The van der Waals surface area contributed by atoms with Gasteiger partial charge in [0.15, 0.2) is 0 Å². The first-order valence-corrected chi connectivity index (χ1v) is 10.4. The van der Waals surface area contributed by atoms with E-state index in [1.165, 1.54) is 29.5 Å². The maximum atomic E-state index is 11.7. The fourth-order valence-electron chi connectivity index (χ4n) is 3.19. The Morgan fingerprint density at radius 2 is 1.74 bits per heavy atom. The molecule has 2 N–H and O–H groups in total. The van der Waals surface area contributed by atoms with Crippen molar-refractivity contribution in [1.29, 1.82) is 0 Å². The second-order valence-corrected chi connectivity index (χ2v) is 7.19. The van der Waals surface area contributed by atoms with Crippen LogP contribution in [0.2, 0.25) is 0 Å². The molecule has 0 saturated heterocycles. The van der Waals surface area contributed by atoms with E-state index in [4.69, 9.17) is 5.73 Å². The van der Waals surface area contributed by atoms with Crippen molar-refractivity contribution in [3.8, 4) is 0 Å². The highest BCUT2D eigenvalue weighted by Gasteiger charge is 2.27. The van der Waals surface area contributed by atoms with Gasteiger partial charge >= 0.3 is 0 Å². The average Bonchev–Trinajstić information content (AvgIpc) is 3.49. The normalized spacial score (nSPS) is 13.5. The molecule has 27 heavy (non-hydrogen) atoms. The molecule has 0 aromatic heterocycles. The second-order valence-electron chi connectivity index (χ2n) is 7.19. The number of hydrogen-bond acceptors (Lipinski definition) is 2. The number of carbonyl (C=O) groups is 1. The Morgan fingerprint density at radius 3 is 2.19 bits per heavy atom. The van der Waals surface area contributed by atoms with Gasteiger partial charge in [0.25, 0.3) is 0 Å². The van der Waals surface area contributed by atoms with Gasteiger partial charge in [0.2, 0.25) is 0 Å². The van der Waals surface area contributed by atoms with Gasteiger partial charge in [-0.05, 0) is 68.7 Å². The Morgan fingerprint density at radius 1 is 1.11 bits per heavy atom. The zero-order valence-electron chi connectivity index (χ0n) is 17.8. The van der Waals surface area contributed by atoms with Crippen LogP contribution in [-0.2, 0) is 11.2 Å². The highest BCUT2D eigenvalue weighted by Crippen LogP contribution is 2.42. The summed E-state index contributed by atoms with van der Waals surface area (Å²) in [5.74, 6) is 1.19. The molecule has 1 aliphatic rings. The van der Waals surface area contributed by atoms with Crippen molar-refractivity contribution in [2.45, 2.75) is 72.6 Å². The topological polar surface area (TPSA) is 43.1 Å². The molecule has 2 heteroatoms. The van der Waals surface area contributed by atoms with Crippen LogP contribution in [0.3, 0.4) is 0 Å². The molecule has 2 aromatic carbocycles. The zero-order valence-corrected chi connectivity index (χ0v) is 17.8. The number of rotatable bonds is 6. The highest BCUT2D eigenvalue weighted by molar-refractivity contribution is 5.78. The molecule has 0 amide bonds. The predicted octanol–water partition coefficient (Wildman–Crippen LogP) is 6.72. The fourth-order valence-corrected chi connectivity index (χ4v) is 3.19. The molecular formula is C25H37NO. The third kappa shape index (κ3) is 8.43. The highest BCUT2D eigenvalue weighted by atomic mass is 16.1. The number of hydrogen-bond donors (Lipinski definition) is 1. The van der Waals surface area contributed by atoms with E-state index in [9.17, 15) is 4.79 Å². The molecule has 0 spiro atoms. The average molecular weight is 368 g/mol. The summed E-state index contributed by atoms with van der Waals surface area (Å²) >= 11 is 0. The van der Waals surface area contributed by atoms with Crippen LogP contribution >= 0.6 is 0 Å². The predicted molar refractivity (Wildman–Crippen MR) is 118 cm³/mol. The molecule has 0 bridgehead atoms. The maximum absolute atomic E-state index is 11.7. The van der Waals surface area contributed by atoms with Crippen molar-refractivity contribution in [1.82, 2.24) is 0 Å². The van der Waals surface area contributed by atoms with Crippen LogP contribution < -0.4 is 5.73 Å². The van der Waals surface area contributed by atoms with Gasteiger partial charge in [-0.3, -0.25) is 4.79 Å². The summed E-state index contributed by atoms with van der Waals surface area (Å²) in [7, 11) is 0. The molecule has 148 valence electrons. The largest absolute Gasteiger partial charge is 0.399 e. The van der Waals surface area contributed by atoms with Crippen LogP contribution in [0.1, 0.15) is 76.0 Å². The summed E-state index contributed by atoms with van der Waals surface area (Å²) in [6, 6.07) is 16.5. The molecule has 0 heterocycles. The van der Waals surface area contributed by atoms with Gasteiger partial charge in [-0.15, -0.1) is 0 Å². The van der Waals surface area contributed by atoms with E-state index in [2.05, 4.69) is 38.1 Å². The lowest BCUT2D eigenvalue weighted by atomic mass is 9.88. The van der Waals surface area contributed by atoms with Gasteiger partial charge in [-0.1, -0.05) is 69.2 Å². The summed E-state index contributed by atoms with van der Waals surface area (Å²) in [4.78, 5) is 11.7. The molecule has 1 saturated carbocycles. The number of ketones is 1. The van der Waals surface area contributed by atoms with Gasteiger partial charge in [0.1, 0.15) is 5.78 Å². The van der Waals surface area contributed by atoms with Crippen LogP contribution in [0.25, 0.3) is 0 Å². The van der Waals surface area contributed by atoms with E-state index in [1.54, 1.807) is 6.92 Å². The summed E-state index contributed by atoms with van der Waals surface area (Å²) in [6.07, 6.45) is 5.48. The van der Waals surface area contributed by atoms with E-state index in [-0.39, 0.29) is 5.92 Å². The summed E-state index contributed by atoms with van der Waals surface area (Å²) in [5.41, 5.74) is 10.7. The monoisotopic (exact) mass is 367 g/mol. The van der Waals surface area contributed by atoms with Gasteiger partial charge in [0.05, 0.1) is 0 Å². The van der Waals surface area contributed by atoms with E-state index < -0.39 is 0 Å². The van der Waals surface area contributed by atoms with Crippen LogP contribution in [0.5, 0.6) is 0 Å². The zero-order chi connectivity index (χ0) is 20.2. The number of Topliss-reactive ketones (excluding diaryl/α,β-unsaturated/α-hetero) is 1. The molecule has 3 rings (SSSR count). The second kappa shape index (κ2) is 12.3. The van der Waals surface area contributed by atoms with E-state index in [0.717, 1.165) is 30.9 Å². The summed E-state index contributed by atoms with van der Waals surface area (Å²) in [6.45, 7) is 9.93. The summed E-state index contributed by atoms with van der Waals surface area (Å²) in [5, 5.41) is 0. The van der Waals surface area contributed by atoms with Crippen molar-refractivity contribution < 1.29 is 4.79 Å². The molecule has 0 aliphatic heterocycles. The quantitative estimate of drug-likeness (QED) is 0.576. The minimum Gasteiger partial charge on any atom is -0.399 e. The third-order valence-electron chi connectivity index (χ3n) is 4.80. The molecule has 1 unspecified atom stereocenters. The van der Waals surface area contributed by atoms with Gasteiger partial charge in [0, 0.05) is 11.6 Å². The maximum Gasteiger partial charge on any atom is 0.133 e. The Kier molecular flexibility index (Phi) is 10.5. The standard InChI is InChI=1S/C16H23NO.C7H8.C2H6/c1-3-4-13(11(2)18)9-14-10-15(17)7-8-16(14)12-5-6-12;1-7-5-3-2-4-6-7;1-2/h7-8,10,12-13H,3-6,9,17H2,1-2H3;2-6H,1H3;1-2H3. The van der Waals surface area contributed by atoms with Gasteiger partial charge < -0.3 is 5.73 Å². The Labute approximate surface area is 166 Å². The lowest BCUT2D eigenvalue weighted by Gasteiger charge is -2.16. The van der Waals surface area contributed by atoms with Crippen LogP contribution in [-0.4, -0.2) is 5.78 Å². The fraction of sp³-hybridized carbons (Fsp3) is 0.480. The molecular weight excluding hydrogens is 330 g/mol. The first-order valence-electron chi connectivity index (χ1n) is 10.4. The molecule has 1 fully saturated rings. The number of nitrogens with two attached hydrogens (primary N) is 1. The van der Waals surface area contributed by atoms with Crippen LogP contribution in [0.15, 0.2) is 48.5 Å². The van der Waals surface area contributed by atoms with Crippen LogP contribution in [0.4, 0.5) is 5.69 Å². The lowest BCUT2D eigenvalue weighted by Crippen LogP contribution is -2.15. The lowest BCUT2D eigenvalue weighted by molar-refractivity contribution is -0.120. The summed E-state index contributed by atoms with van der Waals surface area (Å²) < 4.78 is 0. The van der Waals surface area contributed by atoms with E-state index in [0.29, 0.717) is 5.78 Å². The smallest absolute Gasteiger partial charge is 0.133 e. The SMILES string of the molecule is CC.CCCC(Cc1cc(N)ccc1C1CC1)C(C)=O.Cc1ccccc1. The number of nitrogen functional groups attached to an aromatic ring is 1. The van der Waals surface area contributed by atoms with Crippen molar-refractivity contribution in [3.05, 3.63) is 65.2 Å². The van der Waals surface area contributed by atoms with Crippen LogP contribution in [0, 0.1) is 12.8 Å². The third-order valence-corrected chi connectivity index (χ3v) is 4.80. The van der Waals surface area contributed by atoms with E-state index in [1.807, 2.05) is 38.1 Å². The minimum atomic E-state index is 0.161. The first-order chi connectivity index (χ1) is 13.0. The van der Waals surface area contributed by atoms with Crippen molar-refractivity contribution in [2.24, 2.45) is 5.92 Å². The number of carbonyl (C=O) groups excluding carboxylic acids is 1. The van der Waals surface area contributed by atoms with Crippen molar-refractivity contribution in [3.63, 3.8) is 0 Å². The Bertz CT molecular complexity index is 674. The molecule has 0 radical (unpaired) electrons. The number of anilines is 1. The number of benzene rings is 2. The molecule has 2 aromatic rings. The van der Waals surface area contributed by atoms with E-state index >= 15 is 0 Å². The minimum absolute atomic E-state index is 0.161. The van der Waals surface area contributed by atoms with Crippen molar-refractivity contribution >= 4 is 11.5 Å². The van der Waals surface area contributed by atoms with Crippen molar-refractivity contribution in [2.75, 3.05) is 5.73 Å². The number of aryl methyl sites for hydroxylation is 1.